The summed E-state index contributed by atoms with van der Waals surface area (Å²) in [6.45, 7) is 0. The van der Waals surface area contributed by atoms with Gasteiger partial charge in [0.1, 0.15) is 0 Å². The van der Waals surface area contributed by atoms with Crippen molar-refractivity contribution in [2.24, 2.45) is 5.92 Å². The van der Waals surface area contributed by atoms with Crippen molar-refractivity contribution in [2.75, 3.05) is 0 Å². The number of nitrogens with zero attached hydrogens (tertiary/aromatic N) is 1. The molecule has 1 heteroatoms. The molecule has 0 unspecified atom stereocenters. The molecule has 1 aliphatic rings. The van der Waals surface area contributed by atoms with Gasteiger partial charge in [-0.25, -0.2) is 0 Å². The van der Waals surface area contributed by atoms with Crippen molar-refractivity contribution < 1.29 is 0 Å². The van der Waals surface area contributed by atoms with Gasteiger partial charge in [0.25, 0.3) is 0 Å². The van der Waals surface area contributed by atoms with Crippen LogP contribution in [0.1, 0.15) is 24.8 Å². The second-order valence-corrected chi connectivity index (χ2v) is 3.36. The number of pyridine rings is 1. The van der Waals surface area contributed by atoms with Crippen molar-refractivity contribution in [1.29, 1.82) is 0 Å². The van der Waals surface area contributed by atoms with Gasteiger partial charge in [-0.05, 0) is 24.0 Å². The maximum Gasteiger partial charge on any atom is 0.0299 e. The Balaban J connectivity index is 1.95. The van der Waals surface area contributed by atoms with E-state index in [1.54, 1.807) is 0 Å². The molecule has 0 saturated heterocycles. The van der Waals surface area contributed by atoms with Crippen LogP contribution in [0.25, 0.3) is 0 Å². The highest BCUT2D eigenvalue weighted by Crippen LogP contribution is 2.29. The Morgan fingerprint density at radius 1 is 1.45 bits per heavy atom. The highest BCUT2D eigenvalue weighted by molar-refractivity contribution is 5.09. The van der Waals surface area contributed by atoms with Gasteiger partial charge >= 0.3 is 0 Å². The standard InChI is InChI=1S/C10H13N/c1-3-9(4-1)7-10-5-2-6-11-8-10/h2,5-6,8-9H,1,3-4,7H2. The lowest BCUT2D eigenvalue weighted by Gasteiger charge is -2.24. The molecule has 11 heavy (non-hydrogen) atoms. The predicted molar refractivity (Wildman–Crippen MR) is 45.3 cm³/mol. The van der Waals surface area contributed by atoms with Crippen molar-refractivity contribution >= 4 is 0 Å². The zero-order valence-corrected chi connectivity index (χ0v) is 6.66. The van der Waals surface area contributed by atoms with Gasteiger partial charge < -0.3 is 0 Å². The van der Waals surface area contributed by atoms with E-state index < -0.39 is 0 Å². The SMILES string of the molecule is c1cncc(CC2CCC2)c1. The smallest absolute Gasteiger partial charge is 0.0299 e. The summed E-state index contributed by atoms with van der Waals surface area (Å²) >= 11 is 0. The number of aromatic nitrogens is 1. The fourth-order valence-electron chi connectivity index (χ4n) is 1.55. The average Bonchev–Trinajstić information content (AvgIpc) is 1.99. The lowest BCUT2D eigenvalue weighted by Crippen LogP contribution is -2.13. The lowest BCUT2D eigenvalue weighted by molar-refractivity contribution is 0.314. The summed E-state index contributed by atoms with van der Waals surface area (Å²) in [5.74, 6) is 0.958. The summed E-state index contributed by atoms with van der Waals surface area (Å²) in [6, 6.07) is 4.19. The van der Waals surface area contributed by atoms with Crippen molar-refractivity contribution in [1.82, 2.24) is 4.98 Å². The summed E-state index contributed by atoms with van der Waals surface area (Å²) in [5, 5.41) is 0. The first kappa shape index (κ1) is 6.84. The van der Waals surface area contributed by atoms with E-state index in [1.165, 1.54) is 31.2 Å². The summed E-state index contributed by atoms with van der Waals surface area (Å²) in [4.78, 5) is 4.10. The van der Waals surface area contributed by atoms with Gasteiger partial charge in [0.2, 0.25) is 0 Å². The highest BCUT2D eigenvalue weighted by atomic mass is 14.6. The Hall–Kier alpha value is -0.850. The molecule has 0 N–H and O–H groups in total. The first-order valence-electron chi connectivity index (χ1n) is 4.34. The van der Waals surface area contributed by atoms with Crippen molar-refractivity contribution in [3.8, 4) is 0 Å². The molecular formula is C10H13N. The van der Waals surface area contributed by atoms with E-state index in [9.17, 15) is 0 Å². The molecule has 1 aliphatic carbocycles. The molecule has 0 aliphatic heterocycles. The maximum atomic E-state index is 4.10. The molecule has 0 atom stereocenters. The fraction of sp³-hybridized carbons (Fsp3) is 0.500. The molecule has 0 radical (unpaired) electrons. The van der Waals surface area contributed by atoms with Crippen LogP contribution in [0.15, 0.2) is 24.5 Å². The van der Waals surface area contributed by atoms with E-state index in [1.807, 2.05) is 18.5 Å². The molecule has 0 bridgehead atoms. The van der Waals surface area contributed by atoms with Gasteiger partial charge in [-0.2, -0.15) is 0 Å². The quantitative estimate of drug-likeness (QED) is 0.626. The number of hydrogen-bond acceptors (Lipinski definition) is 1. The lowest BCUT2D eigenvalue weighted by atomic mass is 9.81. The van der Waals surface area contributed by atoms with E-state index in [2.05, 4.69) is 11.1 Å². The number of rotatable bonds is 2. The van der Waals surface area contributed by atoms with Crippen LogP contribution in [0.3, 0.4) is 0 Å². The second kappa shape index (κ2) is 3.04. The Bertz CT molecular complexity index is 214. The third-order valence-electron chi connectivity index (χ3n) is 2.47. The summed E-state index contributed by atoms with van der Waals surface area (Å²) in [5.41, 5.74) is 1.40. The molecule has 58 valence electrons. The van der Waals surface area contributed by atoms with E-state index in [4.69, 9.17) is 0 Å². The Kier molecular flexibility index (Phi) is 1.89. The van der Waals surface area contributed by atoms with Crippen LogP contribution >= 0.6 is 0 Å². The largest absolute Gasteiger partial charge is 0.264 e. The molecule has 2 rings (SSSR count). The topological polar surface area (TPSA) is 12.9 Å². The molecule has 1 heterocycles. The Morgan fingerprint density at radius 2 is 2.36 bits per heavy atom. The van der Waals surface area contributed by atoms with Crippen LogP contribution in [-0.4, -0.2) is 4.98 Å². The van der Waals surface area contributed by atoms with Crippen LogP contribution in [0.5, 0.6) is 0 Å². The fourth-order valence-corrected chi connectivity index (χ4v) is 1.55. The summed E-state index contributed by atoms with van der Waals surface area (Å²) in [6.07, 6.45) is 9.35. The molecule has 0 aromatic carbocycles. The third-order valence-corrected chi connectivity index (χ3v) is 2.47. The molecule has 1 aromatic heterocycles. The van der Waals surface area contributed by atoms with E-state index in [0.717, 1.165) is 5.92 Å². The Morgan fingerprint density at radius 3 is 2.91 bits per heavy atom. The zero-order valence-electron chi connectivity index (χ0n) is 6.66. The summed E-state index contributed by atoms with van der Waals surface area (Å²) < 4.78 is 0. The van der Waals surface area contributed by atoms with Crippen LogP contribution in [0.2, 0.25) is 0 Å². The molecular weight excluding hydrogens is 134 g/mol. The minimum absolute atomic E-state index is 0.958. The molecule has 0 amide bonds. The van der Waals surface area contributed by atoms with Crippen molar-refractivity contribution in [2.45, 2.75) is 25.7 Å². The average molecular weight is 147 g/mol. The number of hydrogen-bond donors (Lipinski definition) is 0. The van der Waals surface area contributed by atoms with Crippen molar-refractivity contribution in [3.05, 3.63) is 30.1 Å². The molecule has 1 fully saturated rings. The predicted octanol–water partition coefficient (Wildman–Crippen LogP) is 2.42. The van der Waals surface area contributed by atoms with Crippen LogP contribution in [-0.2, 0) is 6.42 Å². The highest BCUT2D eigenvalue weighted by Gasteiger charge is 2.17. The van der Waals surface area contributed by atoms with Gasteiger partial charge in [0.15, 0.2) is 0 Å². The molecule has 1 saturated carbocycles. The van der Waals surface area contributed by atoms with Gasteiger partial charge in [-0.3, -0.25) is 4.98 Å². The van der Waals surface area contributed by atoms with Gasteiger partial charge in [0.05, 0.1) is 0 Å². The van der Waals surface area contributed by atoms with E-state index in [-0.39, 0.29) is 0 Å². The minimum atomic E-state index is 0.958. The monoisotopic (exact) mass is 147 g/mol. The van der Waals surface area contributed by atoms with E-state index >= 15 is 0 Å². The molecule has 0 spiro atoms. The first-order chi connectivity index (χ1) is 5.45. The van der Waals surface area contributed by atoms with Crippen LogP contribution < -0.4 is 0 Å². The van der Waals surface area contributed by atoms with Crippen LogP contribution in [0, 0.1) is 5.92 Å². The van der Waals surface area contributed by atoms with Crippen LogP contribution in [0.4, 0.5) is 0 Å². The molecule has 1 nitrogen and oxygen atoms in total. The maximum absolute atomic E-state index is 4.10. The van der Waals surface area contributed by atoms with Gasteiger partial charge in [-0.1, -0.05) is 25.3 Å². The Labute approximate surface area is 67.5 Å². The second-order valence-electron chi connectivity index (χ2n) is 3.36. The first-order valence-corrected chi connectivity index (χ1v) is 4.34. The van der Waals surface area contributed by atoms with Crippen molar-refractivity contribution in [3.63, 3.8) is 0 Å². The van der Waals surface area contributed by atoms with Gasteiger partial charge in [0, 0.05) is 12.4 Å². The minimum Gasteiger partial charge on any atom is -0.264 e. The normalized spacial score (nSPS) is 17.8. The van der Waals surface area contributed by atoms with E-state index in [0.29, 0.717) is 0 Å². The third kappa shape index (κ3) is 1.59. The molecule has 1 aromatic rings. The zero-order chi connectivity index (χ0) is 7.52. The van der Waals surface area contributed by atoms with Gasteiger partial charge in [-0.15, -0.1) is 0 Å². The summed E-state index contributed by atoms with van der Waals surface area (Å²) in [7, 11) is 0.